The molecule has 0 aromatic carbocycles. The average molecular weight is 222 g/mol. The normalized spacial score (nSPS) is 18.1. The van der Waals surface area contributed by atoms with Gasteiger partial charge in [0.2, 0.25) is 0 Å². The molecule has 0 saturated carbocycles. The average Bonchev–Trinajstić information content (AvgIpc) is 3.09. The molecule has 1 heterocycles. The Bertz CT molecular complexity index is 114. The lowest BCUT2D eigenvalue weighted by molar-refractivity contribution is -0.0328. The summed E-state index contributed by atoms with van der Waals surface area (Å²) in [5.74, 6) is 0. The van der Waals surface area contributed by atoms with Gasteiger partial charge in [-0.15, -0.1) is 13.2 Å². The first kappa shape index (κ1) is 17.0. The van der Waals surface area contributed by atoms with Crippen molar-refractivity contribution in [3.63, 3.8) is 0 Å². The van der Waals surface area contributed by atoms with Crippen molar-refractivity contribution in [1.29, 1.82) is 0 Å². The summed E-state index contributed by atoms with van der Waals surface area (Å²) in [5.41, 5.74) is -1.11. The minimum absolute atomic E-state index is 0.406. The predicted molar refractivity (Wildman–Crippen MR) is 57.4 cm³/mol. The van der Waals surface area contributed by atoms with Gasteiger partial charge < -0.3 is 25.2 Å². The van der Waals surface area contributed by atoms with Crippen molar-refractivity contribution in [3.8, 4) is 0 Å². The molecule has 1 aliphatic heterocycles. The lowest BCUT2D eigenvalue weighted by atomic mass is 9.93. The summed E-state index contributed by atoms with van der Waals surface area (Å²) in [6, 6.07) is 0. The quantitative estimate of drug-likeness (QED) is 0.367. The summed E-state index contributed by atoms with van der Waals surface area (Å²) in [7, 11) is 0. The first-order valence-corrected chi connectivity index (χ1v) is 4.69. The third-order valence-electron chi connectivity index (χ3n) is 1.84. The van der Waals surface area contributed by atoms with Crippen LogP contribution in [-0.2, 0) is 4.74 Å². The summed E-state index contributed by atoms with van der Waals surface area (Å²) in [6.07, 6.45) is 0.583. The smallest absolute Gasteiger partial charge is 0.0781 e. The van der Waals surface area contributed by atoms with Gasteiger partial charge in [0.1, 0.15) is 0 Å². The highest BCUT2D eigenvalue weighted by Crippen LogP contribution is 2.11. The zero-order valence-corrected chi connectivity index (χ0v) is 9.22. The predicted octanol–water partition coefficient (Wildman–Crippen LogP) is -0.851. The van der Waals surface area contributed by atoms with Crippen molar-refractivity contribution >= 4 is 0 Å². The molecule has 1 fully saturated rings. The van der Waals surface area contributed by atoms with E-state index in [1.165, 1.54) is 0 Å². The van der Waals surface area contributed by atoms with Crippen LogP contribution in [0.3, 0.4) is 0 Å². The molecule has 4 N–H and O–H groups in total. The van der Waals surface area contributed by atoms with Crippen LogP contribution in [0.1, 0.15) is 6.92 Å². The van der Waals surface area contributed by atoms with Gasteiger partial charge in [0, 0.05) is 0 Å². The zero-order chi connectivity index (χ0) is 12.3. The van der Waals surface area contributed by atoms with Crippen molar-refractivity contribution in [2.75, 3.05) is 33.0 Å². The Balaban J connectivity index is 0. The first-order chi connectivity index (χ1) is 7.14. The van der Waals surface area contributed by atoms with E-state index in [9.17, 15) is 0 Å². The van der Waals surface area contributed by atoms with Crippen LogP contribution < -0.4 is 0 Å². The largest absolute Gasteiger partial charge is 0.396 e. The van der Waals surface area contributed by atoms with Gasteiger partial charge in [-0.2, -0.15) is 0 Å². The Hall–Kier alpha value is -0.460. The van der Waals surface area contributed by atoms with Crippen molar-refractivity contribution in [2.24, 2.45) is 5.41 Å². The number of hydrogen-bond acceptors (Lipinski definition) is 5. The number of ether oxygens (including phenoxy) is 1. The van der Waals surface area contributed by atoms with Crippen LogP contribution in [-0.4, -0.2) is 59.6 Å². The SMILES string of the molecule is C=C.CC1CO1.OCC(CO)(CO)CO. The molecule has 5 heteroatoms. The molecule has 0 spiro atoms. The van der Waals surface area contributed by atoms with Crippen molar-refractivity contribution in [2.45, 2.75) is 13.0 Å². The Kier molecular flexibility index (Phi) is 11.4. The Morgan fingerprint density at radius 2 is 1.27 bits per heavy atom. The molecule has 5 nitrogen and oxygen atoms in total. The molecule has 15 heavy (non-hydrogen) atoms. The van der Waals surface area contributed by atoms with E-state index in [1.807, 2.05) is 0 Å². The minimum atomic E-state index is -1.11. The maximum atomic E-state index is 8.50. The zero-order valence-electron chi connectivity index (χ0n) is 9.22. The van der Waals surface area contributed by atoms with E-state index < -0.39 is 31.8 Å². The topological polar surface area (TPSA) is 93.5 Å². The molecule has 0 aliphatic carbocycles. The summed E-state index contributed by atoms with van der Waals surface area (Å²) < 4.78 is 4.71. The van der Waals surface area contributed by atoms with E-state index >= 15 is 0 Å². The number of rotatable bonds is 4. The van der Waals surface area contributed by atoms with Gasteiger partial charge in [0.15, 0.2) is 0 Å². The second-order valence-electron chi connectivity index (χ2n) is 3.28. The van der Waals surface area contributed by atoms with E-state index in [-0.39, 0.29) is 0 Å². The van der Waals surface area contributed by atoms with Crippen molar-refractivity contribution < 1.29 is 25.2 Å². The maximum absolute atomic E-state index is 8.50. The molecule has 1 saturated heterocycles. The van der Waals surface area contributed by atoms with E-state index in [0.717, 1.165) is 6.61 Å². The number of epoxide rings is 1. The highest BCUT2D eigenvalue weighted by Gasteiger charge is 2.26. The fourth-order valence-corrected chi connectivity index (χ4v) is 0.396. The molecular weight excluding hydrogens is 200 g/mol. The molecule has 1 aliphatic rings. The second kappa shape index (κ2) is 10.1. The molecular formula is C10H22O5. The molecule has 0 amide bonds. The Labute approximate surface area is 90.6 Å². The van der Waals surface area contributed by atoms with Crippen LogP contribution in [0.2, 0.25) is 0 Å². The lowest BCUT2D eigenvalue weighted by Crippen LogP contribution is -2.37. The molecule has 1 atom stereocenters. The van der Waals surface area contributed by atoms with Crippen LogP contribution in [0.25, 0.3) is 0 Å². The highest BCUT2D eigenvalue weighted by atomic mass is 16.6. The van der Waals surface area contributed by atoms with E-state index in [1.54, 1.807) is 0 Å². The van der Waals surface area contributed by atoms with Crippen LogP contribution in [0.5, 0.6) is 0 Å². The number of hydrogen-bond donors (Lipinski definition) is 4. The minimum Gasteiger partial charge on any atom is -0.396 e. The number of aliphatic hydroxyl groups is 4. The van der Waals surface area contributed by atoms with E-state index in [4.69, 9.17) is 25.2 Å². The van der Waals surface area contributed by atoms with Crippen LogP contribution >= 0.6 is 0 Å². The molecule has 92 valence electrons. The molecule has 0 aromatic heterocycles. The fourth-order valence-electron chi connectivity index (χ4n) is 0.396. The molecule has 0 bridgehead atoms. The second-order valence-corrected chi connectivity index (χ2v) is 3.28. The van der Waals surface area contributed by atoms with Crippen LogP contribution in [0, 0.1) is 5.41 Å². The van der Waals surface area contributed by atoms with Gasteiger partial charge in [0.25, 0.3) is 0 Å². The molecule has 0 aromatic rings. The lowest BCUT2D eigenvalue weighted by Gasteiger charge is -2.23. The van der Waals surface area contributed by atoms with Gasteiger partial charge in [-0.1, -0.05) is 0 Å². The summed E-state index contributed by atoms with van der Waals surface area (Å²) >= 11 is 0. The fraction of sp³-hybridized carbons (Fsp3) is 0.800. The number of aliphatic hydroxyl groups excluding tert-OH is 4. The highest BCUT2D eigenvalue weighted by molar-refractivity contribution is 4.74. The van der Waals surface area contributed by atoms with Gasteiger partial charge >= 0.3 is 0 Å². The maximum Gasteiger partial charge on any atom is 0.0781 e. The van der Waals surface area contributed by atoms with Crippen LogP contribution in [0.15, 0.2) is 13.2 Å². The summed E-state index contributed by atoms with van der Waals surface area (Å²) in [6.45, 7) is 7.42. The van der Waals surface area contributed by atoms with Gasteiger partial charge in [-0.3, -0.25) is 0 Å². The monoisotopic (exact) mass is 222 g/mol. The van der Waals surface area contributed by atoms with Crippen molar-refractivity contribution in [3.05, 3.63) is 13.2 Å². The van der Waals surface area contributed by atoms with E-state index in [0.29, 0.717) is 6.10 Å². The summed E-state index contributed by atoms with van der Waals surface area (Å²) in [4.78, 5) is 0. The standard InChI is InChI=1S/C5H12O4.C3H6O.C2H4/c6-1-5(2-7,3-8)4-9;1-3-2-4-3;1-2/h6-9H,1-4H2;3H,2H2,1H3;1-2H2. The first-order valence-electron chi connectivity index (χ1n) is 4.69. The van der Waals surface area contributed by atoms with Crippen LogP contribution in [0.4, 0.5) is 0 Å². The molecule has 1 rings (SSSR count). The Morgan fingerprint density at radius 1 is 1.07 bits per heavy atom. The van der Waals surface area contributed by atoms with Crippen molar-refractivity contribution in [1.82, 2.24) is 0 Å². The van der Waals surface area contributed by atoms with Gasteiger partial charge in [0.05, 0.1) is 44.6 Å². The van der Waals surface area contributed by atoms with Gasteiger partial charge in [-0.25, -0.2) is 0 Å². The Morgan fingerprint density at radius 3 is 1.27 bits per heavy atom. The summed E-state index contributed by atoms with van der Waals surface area (Å²) in [5, 5.41) is 34.0. The van der Waals surface area contributed by atoms with Gasteiger partial charge in [-0.05, 0) is 6.92 Å². The molecule has 1 unspecified atom stereocenters. The third-order valence-corrected chi connectivity index (χ3v) is 1.84. The molecule has 0 radical (unpaired) electrons. The third kappa shape index (κ3) is 8.53. The van der Waals surface area contributed by atoms with E-state index in [2.05, 4.69) is 20.1 Å².